The van der Waals surface area contributed by atoms with E-state index in [4.69, 9.17) is 0 Å². The molecule has 3 nitrogen and oxygen atoms in total. The van der Waals surface area contributed by atoms with Crippen LogP contribution in [0, 0.1) is 0 Å². The van der Waals surface area contributed by atoms with Gasteiger partial charge in [-0.1, -0.05) is 18.2 Å². The van der Waals surface area contributed by atoms with Gasteiger partial charge in [0, 0.05) is 17.1 Å². The molecule has 3 rings (SSSR count). The van der Waals surface area contributed by atoms with Gasteiger partial charge in [0.05, 0.1) is 11.1 Å². The maximum Gasteiger partial charge on any atom is 0.184 e. The lowest BCUT2D eigenvalue weighted by molar-refractivity contribution is 0.0702. The van der Waals surface area contributed by atoms with Gasteiger partial charge in [0.2, 0.25) is 0 Å². The minimum absolute atomic E-state index is 0.164. The largest absolute Gasteiger partial charge is 0.292 e. The van der Waals surface area contributed by atoms with Gasteiger partial charge in [-0.05, 0) is 51.9 Å². The van der Waals surface area contributed by atoms with Crippen LogP contribution in [-0.4, -0.2) is 34.3 Å². The summed E-state index contributed by atoms with van der Waals surface area (Å²) in [5.41, 5.74) is 1.20. The summed E-state index contributed by atoms with van der Waals surface area (Å²) >= 11 is 0. The number of carbonyl (C=O) groups excluding carboxylic acids is 1. The molecule has 1 fully saturated rings. The zero-order valence-corrected chi connectivity index (χ0v) is 12.1. The van der Waals surface area contributed by atoms with Crippen LogP contribution in [0.25, 0.3) is 10.9 Å². The molecule has 0 saturated carbocycles. The number of fused-ring (bicyclic) bond motifs is 1. The predicted octanol–water partition coefficient (Wildman–Crippen LogP) is 3.29. The highest BCUT2D eigenvalue weighted by Gasteiger charge is 2.36. The van der Waals surface area contributed by atoms with Crippen molar-refractivity contribution in [1.29, 1.82) is 0 Å². The number of ketones is 1. The number of aromatic nitrogens is 1. The molecule has 0 spiro atoms. The number of rotatable bonds is 3. The number of pyridine rings is 1. The standard InChI is InChI=1S/C17H20N2O/c1-17(2,19-9-5-6-10-19)16(20)14-11-13-7-3-4-8-15(13)18-12-14/h3-4,7-8,11-12H,5-6,9-10H2,1-2H3. The number of para-hydroxylation sites is 1. The zero-order chi connectivity index (χ0) is 14.2. The van der Waals surface area contributed by atoms with E-state index < -0.39 is 5.54 Å². The van der Waals surface area contributed by atoms with Gasteiger partial charge in [0.25, 0.3) is 0 Å². The van der Waals surface area contributed by atoms with E-state index in [1.807, 2.05) is 44.2 Å². The van der Waals surface area contributed by atoms with Crippen molar-refractivity contribution in [3.8, 4) is 0 Å². The third kappa shape index (κ3) is 2.22. The number of hydrogen-bond acceptors (Lipinski definition) is 3. The molecule has 1 aliphatic heterocycles. The summed E-state index contributed by atoms with van der Waals surface area (Å²) in [6.45, 7) is 6.07. The van der Waals surface area contributed by atoms with Crippen LogP contribution in [0.15, 0.2) is 36.5 Å². The van der Waals surface area contributed by atoms with Crippen molar-refractivity contribution in [2.45, 2.75) is 32.2 Å². The fourth-order valence-electron chi connectivity index (χ4n) is 2.97. The summed E-state index contributed by atoms with van der Waals surface area (Å²) in [6, 6.07) is 9.87. The Morgan fingerprint density at radius 3 is 2.65 bits per heavy atom. The van der Waals surface area contributed by atoms with Gasteiger partial charge >= 0.3 is 0 Å². The van der Waals surface area contributed by atoms with E-state index in [-0.39, 0.29) is 5.78 Å². The van der Waals surface area contributed by atoms with E-state index in [2.05, 4.69) is 9.88 Å². The monoisotopic (exact) mass is 268 g/mol. The minimum Gasteiger partial charge on any atom is -0.292 e. The molecule has 0 bridgehead atoms. The lowest BCUT2D eigenvalue weighted by atomic mass is 9.92. The van der Waals surface area contributed by atoms with E-state index in [0.717, 1.165) is 24.0 Å². The molecule has 0 N–H and O–H groups in total. The molecular formula is C17H20N2O. The lowest BCUT2D eigenvalue weighted by Gasteiger charge is -2.33. The summed E-state index contributed by atoms with van der Waals surface area (Å²) in [6.07, 6.45) is 4.09. The fourth-order valence-corrected chi connectivity index (χ4v) is 2.97. The number of carbonyl (C=O) groups is 1. The Morgan fingerprint density at radius 1 is 1.20 bits per heavy atom. The lowest BCUT2D eigenvalue weighted by Crippen LogP contribution is -2.48. The molecule has 1 aliphatic rings. The van der Waals surface area contributed by atoms with Crippen molar-refractivity contribution >= 4 is 16.7 Å². The second-order valence-electron chi connectivity index (χ2n) is 6.00. The second kappa shape index (κ2) is 4.98. The van der Waals surface area contributed by atoms with E-state index in [1.165, 1.54) is 12.8 Å². The highest BCUT2D eigenvalue weighted by Crippen LogP contribution is 2.25. The van der Waals surface area contributed by atoms with Crippen molar-refractivity contribution in [3.63, 3.8) is 0 Å². The predicted molar refractivity (Wildman–Crippen MR) is 81.0 cm³/mol. The molecule has 1 aromatic heterocycles. The van der Waals surface area contributed by atoms with E-state index in [0.29, 0.717) is 5.56 Å². The maximum absolute atomic E-state index is 12.8. The summed E-state index contributed by atoms with van der Waals surface area (Å²) < 4.78 is 0. The number of Topliss-reactive ketones (excluding diaryl/α,β-unsaturated/α-hetero) is 1. The summed E-state index contributed by atoms with van der Waals surface area (Å²) in [4.78, 5) is 19.5. The quantitative estimate of drug-likeness (QED) is 0.801. The van der Waals surface area contributed by atoms with Crippen LogP contribution in [-0.2, 0) is 0 Å². The molecule has 104 valence electrons. The Kier molecular flexibility index (Phi) is 3.30. The molecule has 0 radical (unpaired) electrons. The first-order valence-electron chi connectivity index (χ1n) is 7.24. The first kappa shape index (κ1) is 13.3. The van der Waals surface area contributed by atoms with Gasteiger partial charge in [-0.25, -0.2) is 0 Å². The van der Waals surface area contributed by atoms with E-state index >= 15 is 0 Å². The average molecular weight is 268 g/mol. The third-order valence-electron chi connectivity index (χ3n) is 4.30. The molecule has 3 heteroatoms. The summed E-state index contributed by atoms with van der Waals surface area (Å²) in [7, 11) is 0. The molecule has 0 amide bonds. The fraction of sp³-hybridized carbons (Fsp3) is 0.412. The van der Waals surface area contributed by atoms with Gasteiger partial charge in [-0.2, -0.15) is 0 Å². The molecule has 2 aromatic rings. The second-order valence-corrected chi connectivity index (χ2v) is 6.00. The highest BCUT2D eigenvalue weighted by molar-refractivity contribution is 6.04. The van der Waals surface area contributed by atoms with Gasteiger partial charge in [0.15, 0.2) is 5.78 Å². The Morgan fingerprint density at radius 2 is 1.90 bits per heavy atom. The minimum atomic E-state index is -0.444. The van der Waals surface area contributed by atoms with Crippen molar-refractivity contribution in [2.24, 2.45) is 0 Å². The SMILES string of the molecule is CC(C)(C(=O)c1cnc2ccccc2c1)N1CCCC1. The Labute approximate surface area is 119 Å². The zero-order valence-electron chi connectivity index (χ0n) is 12.1. The molecule has 1 saturated heterocycles. The van der Waals surface area contributed by atoms with Crippen LogP contribution in [0.5, 0.6) is 0 Å². The third-order valence-corrected chi connectivity index (χ3v) is 4.30. The first-order valence-corrected chi connectivity index (χ1v) is 7.24. The van der Waals surface area contributed by atoms with Crippen LogP contribution in [0.3, 0.4) is 0 Å². The van der Waals surface area contributed by atoms with Crippen LogP contribution < -0.4 is 0 Å². The molecule has 0 aliphatic carbocycles. The first-order chi connectivity index (χ1) is 9.59. The van der Waals surface area contributed by atoms with Crippen LogP contribution >= 0.6 is 0 Å². The van der Waals surface area contributed by atoms with E-state index in [9.17, 15) is 4.79 Å². The molecule has 2 heterocycles. The highest BCUT2D eigenvalue weighted by atomic mass is 16.1. The average Bonchev–Trinajstić information content (AvgIpc) is 3.01. The van der Waals surface area contributed by atoms with Crippen molar-refractivity contribution in [1.82, 2.24) is 9.88 Å². The van der Waals surface area contributed by atoms with Crippen LogP contribution in [0.1, 0.15) is 37.0 Å². The van der Waals surface area contributed by atoms with Gasteiger partial charge < -0.3 is 0 Å². The van der Waals surface area contributed by atoms with Gasteiger partial charge in [0.1, 0.15) is 0 Å². The topological polar surface area (TPSA) is 33.2 Å². The van der Waals surface area contributed by atoms with Crippen LogP contribution in [0.2, 0.25) is 0 Å². The smallest absolute Gasteiger partial charge is 0.184 e. The number of likely N-dealkylation sites (tertiary alicyclic amines) is 1. The molecule has 1 aromatic carbocycles. The van der Waals surface area contributed by atoms with Crippen molar-refractivity contribution < 1.29 is 4.79 Å². The maximum atomic E-state index is 12.8. The van der Waals surface area contributed by atoms with Crippen molar-refractivity contribution in [3.05, 3.63) is 42.1 Å². The van der Waals surface area contributed by atoms with Gasteiger partial charge in [-0.3, -0.25) is 14.7 Å². The van der Waals surface area contributed by atoms with E-state index in [1.54, 1.807) is 6.20 Å². The molecule has 0 unspecified atom stereocenters. The summed E-state index contributed by atoms with van der Waals surface area (Å²) in [5, 5.41) is 1.02. The Balaban J connectivity index is 1.95. The van der Waals surface area contributed by atoms with Crippen molar-refractivity contribution in [2.75, 3.05) is 13.1 Å². The number of hydrogen-bond donors (Lipinski definition) is 0. The molecular weight excluding hydrogens is 248 g/mol. The molecule has 20 heavy (non-hydrogen) atoms. The number of benzene rings is 1. The number of nitrogens with zero attached hydrogens (tertiary/aromatic N) is 2. The summed E-state index contributed by atoms with van der Waals surface area (Å²) in [5.74, 6) is 0.164. The Bertz CT molecular complexity index is 642. The normalized spacial score (nSPS) is 16.7. The van der Waals surface area contributed by atoms with Crippen LogP contribution in [0.4, 0.5) is 0 Å². The Hall–Kier alpha value is -1.74. The molecule has 0 atom stereocenters. The van der Waals surface area contributed by atoms with Gasteiger partial charge in [-0.15, -0.1) is 0 Å².